The molecule has 0 aliphatic carbocycles. The summed E-state index contributed by atoms with van der Waals surface area (Å²) in [6, 6.07) is 18.2. The van der Waals surface area contributed by atoms with E-state index in [1.165, 1.54) is 4.57 Å². The van der Waals surface area contributed by atoms with Crippen molar-refractivity contribution in [2.24, 2.45) is 0 Å². The third kappa shape index (κ3) is 3.96. The highest BCUT2D eigenvalue weighted by atomic mass is 35.5. The molecule has 0 atom stereocenters. The molecule has 0 radical (unpaired) electrons. The van der Waals surface area contributed by atoms with E-state index in [1.54, 1.807) is 38.1 Å². The standard InChI is InChI=1S/C20H20ClN2O4P/c1-3-26-28(25,27-4-2)19-20(24)23(16-13-9-6-10-14-16)17(18(21)22-19)15-11-7-5-8-12-15/h5-14H,3-4H2,1-2H3. The normalized spacial score (nSPS) is 11.5. The van der Waals surface area contributed by atoms with Gasteiger partial charge in [0.25, 0.3) is 5.56 Å². The molecule has 1 heterocycles. The monoisotopic (exact) mass is 418 g/mol. The molecule has 0 saturated heterocycles. The Kier molecular flexibility index (Phi) is 6.47. The van der Waals surface area contributed by atoms with Crippen LogP contribution in [0.25, 0.3) is 16.9 Å². The van der Waals surface area contributed by atoms with Gasteiger partial charge in [0, 0.05) is 11.3 Å². The van der Waals surface area contributed by atoms with Crippen LogP contribution in [0.15, 0.2) is 65.5 Å². The fraction of sp³-hybridized carbons (Fsp3) is 0.200. The van der Waals surface area contributed by atoms with Gasteiger partial charge in [0.1, 0.15) is 0 Å². The highest BCUT2D eigenvalue weighted by Gasteiger charge is 2.35. The summed E-state index contributed by atoms with van der Waals surface area (Å²) in [5.74, 6) is 0. The van der Waals surface area contributed by atoms with E-state index < -0.39 is 13.2 Å². The van der Waals surface area contributed by atoms with Gasteiger partial charge in [-0.05, 0) is 26.0 Å². The Morgan fingerprint density at radius 2 is 1.50 bits per heavy atom. The lowest BCUT2D eigenvalue weighted by atomic mass is 10.1. The van der Waals surface area contributed by atoms with Crippen LogP contribution in [0.4, 0.5) is 0 Å². The predicted molar refractivity (Wildman–Crippen MR) is 111 cm³/mol. The van der Waals surface area contributed by atoms with Gasteiger partial charge in [-0.1, -0.05) is 60.1 Å². The Balaban J connectivity index is 2.38. The highest BCUT2D eigenvalue weighted by molar-refractivity contribution is 7.61. The lowest BCUT2D eigenvalue weighted by Crippen LogP contribution is -2.38. The van der Waals surface area contributed by atoms with Gasteiger partial charge in [0.2, 0.25) is 5.44 Å². The average molecular weight is 419 g/mol. The molecule has 0 saturated carbocycles. The number of nitrogens with zero attached hydrogens (tertiary/aromatic N) is 2. The Hall–Kier alpha value is -2.24. The maximum absolute atomic E-state index is 13.4. The minimum atomic E-state index is -3.92. The van der Waals surface area contributed by atoms with E-state index in [0.29, 0.717) is 16.9 Å². The predicted octanol–water partition coefficient (Wildman–Crippen LogP) is 4.44. The van der Waals surface area contributed by atoms with Gasteiger partial charge in [0.15, 0.2) is 5.15 Å². The summed E-state index contributed by atoms with van der Waals surface area (Å²) < 4.78 is 25.3. The molecule has 0 unspecified atom stereocenters. The van der Waals surface area contributed by atoms with Crippen LogP contribution >= 0.6 is 19.2 Å². The first-order chi connectivity index (χ1) is 13.5. The Bertz CT molecular complexity index is 1050. The summed E-state index contributed by atoms with van der Waals surface area (Å²) >= 11 is 6.49. The summed E-state index contributed by atoms with van der Waals surface area (Å²) in [6.45, 7) is 3.53. The van der Waals surface area contributed by atoms with Gasteiger partial charge < -0.3 is 9.05 Å². The van der Waals surface area contributed by atoms with E-state index >= 15 is 0 Å². The molecule has 0 N–H and O–H groups in total. The Morgan fingerprint density at radius 3 is 2.04 bits per heavy atom. The van der Waals surface area contributed by atoms with Crippen LogP contribution in [0.1, 0.15) is 13.8 Å². The molecule has 8 heteroatoms. The van der Waals surface area contributed by atoms with Crippen molar-refractivity contribution < 1.29 is 13.6 Å². The van der Waals surface area contributed by atoms with Crippen molar-refractivity contribution in [2.45, 2.75) is 13.8 Å². The molecule has 2 aromatic carbocycles. The Morgan fingerprint density at radius 1 is 0.964 bits per heavy atom. The molecule has 6 nitrogen and oxygen atoms in total. The van der Waals surface area contributed by atoms with E-state index in [2.05, 4.69) is 4.98 Å². The van der Waals surface area contributed by atoms with E-state index in [-0.39, 0.29) is 23.8 Å². The first-order valence-corrected chi connectivity index (χ1v) is 10.8. The van der Waals surface area contributed by atoms with Crippen molar-refractivity contribution >= 4 is 24.6 Å². The molecule has 3 rings (SSSR count). The quantitative estimate of drug-likeness (QED) is 0.530. The number of hydrogen-bond donors (Lipinski definition) is 0. The second-order valence-electron chi connectivity index (χ2n) is 5.75. The largest absolute Gasteiger partial charge is 0.385 e. The topological polar surface area (TPSA) is 70.4 Å². The third-order valence-electron chi connectivity index (χ3n) is 3.94. The lowest BCUT2D eigenvalue weighted by Gasteiger charge is -2.20. The average Bonchev–Trinajstić information content (AvgIpc) is 2.70. The number of aromatic nitrogens is 2. The smallest absolute Gasteiger partial charge is 0.304 e. The Labute approximate surface area is 168 Å². The number of benzene rings is 2. The summed E-state index contributed by atoms with van der Waals surface area (Å²) in [7, 11) is -3.92. The zero-order chi connectivity index (χ0) is 20.1. The van der Waals surface area contributed by atoms with Crippen LogP contribution in [0.3, 0.4) is 0 Å². The molecule has 0 amide bonds. The molecule has 0 fully saturated rings. The number of hydrogen-bond acceptors (Lipinski definition) is 5. The molecular weight excluding hydrogens is 399 g/mol. The van der Waals surface area contributed by atoms with Crippen LogP contribution in [-0.2, 0) is 13.6 Å². The van der Waals surface area contributed by atoms with Gasteiger partial charge in [-0.25, -0.2) is 4.98 Å². The fourth-order valence-corrected chi connectivity index (χ4v) is 4.73. The van der Waals surface area contributed by atoms with Gasteiger partial charge in [-0.2, -0.15) is 0 Å². The van der Waals surface area contributed by atoms with Crippen molar-refractivity contribution in [3.8, 4) is 16.9 Å². The molecule has 146 valence electrons. The van der Waals surface area contributed by atoms with Gasteiger partial charge >= 0.3 is 7.60 Å². The molecule has 0 aliphatic heterocycles. The van der Waals surface area contributed by atoms with Gasteiger partial charge in [0.05, 0.1) is 18.9 Å². The summed E-state index contributed by atoms with van der Waals surface area (Å²) in [5.41, 5.74) is 0.748. The van der Waals surface area contributed by atoms with Gasteiger partial charge in [-0.15, -0.1) is 0 Å². The van der Waals surface area contributed by atoms with E-state index in [4.69, 9.17) is 20.6 Å². The molecular formula is C20H20ClN2O4P. The summed E-state index contributed by atoms with van der Waals surface area (Å²) in [4.78, 5) is 17.6. The van der Waals surface area contributed by atoms with Crippen molar-refractivity contribution in [1.82, 2.24) is 9.55 Å². The SMILES string of the molecule is CCOP(=O)(OCC)c1nc(Cl)c(-c2ccccc2)n(-c2ccccc2)c1=O. The van der Waals surface area contributed by atoms with Crippen LogP contribution in [-0.4, -0.2) is 22.8 Å². The minimum absolute atomic E-state index is 0.0317. The maximum atomic E-state index is 13.4. The van der Waals surface area contributed by atoms with Crippen molar-refractivity contribution in [1.29, 1.82) is 0 Å². The first kappa shape index (κ1) is 20.5. The third-order valence-corrected chi connectivity index (χ3v) is 6.21. The zero-order valence-electron chi connectivity index (χ0n) is 15.5. The van der Waals surface area contributed by atoms with E-state index in [1.807, 2.05) is 36.4 Å². The van der Waals surface area contributed by atoms with Crippen molar-refractivity contribution in [2.75, 3.05) is 13.2 Å². The van der Waals surface area contributed by atoms with E-state index in [0.717, 1.165) is 0 Å². The minimum Gasteiger partial charge on any atom is -0.304 e. The number of rotatable bonds is 7. The summed E-state index contributed by atoms with van der Waals surface area (Å²) in [6.07, 6.45) is 0. The van der Waals surface area contributed by atoms with Crippen LogP contribution in [0.5, 0.6) is 0 Å². The fourth-order valence-electron chi connectivity index (χ4n) is 2.83. The molecule has 1 aromatic heterocycles. The van der Waals surface area contributed by atoms with Crippen molar-refractivity contribution in [3.63, 3.8) is 0 Å². The number of halogens is 1. The zero-order valence-corrected chi connectivity index (χ0v) is 17.2. The van der Waals surface area contributed by atoms with Crippen molar-refractivity contribution in [3.05, 3.63) is 76.2 Å². The van der Waals surface area contributed by atoms with Crippen LogP contribution < -0.4 is 11.0 Å². The lowest BCUT2D eigenvalue weighted by molar-refractivity contribution is 0.229. The number of para-hydroxylation sites is 1. The second-order valence-corrected chi connectivity index (χ2v) is 8.04. The molecule has 3 aromatic rings. The molecule has 28 heavy (non-hydrogen) atoms. The summed E-state index contributed by atoms with van der Waals surface area (Å²) in [5, 5.41) is 0.0317. The molecule has 0 aliphatic rings. The van der Waals surface area contributed by atoms with Gasteiger partial charge in [-0.3, -0.25) is 13.9 Å². The second kappa shape index (κ2) is 8.84. The van der Waals surface area contributed by atoms with Crippen LogP contribution in [0, 0.1) is 0 Å². The van der Waals surface area contributed by atoms with E-state index in [9.17, 15) is 9.36 Å². The highest BCUT2D eigenvalue weighted by Crippen LogP contribution is 2.45. The first-order valence-electron chi connectivity index (χ1n) is 8.85. The van der Waals surface area contributed by atoms with Crippen LogP contribution in [0.2, 0.25) is 5.15 Å². The maximum Gasteiger partial charge on any atom is 0.385 e. The molecule has 0 bridgehead atoms. The molecule has 0 spiro atoms.